The smallest absolute Gasteiger partial charge is 0.119 e. The first kappa shape index (κ1) is 11.5. The van der Waals surface area contributed by atoms with E-state index < -0.39 is 0 Å². The van der Waals surface area contributed by atoms with Crippen LogP contribution in [-0.2, 0) is 6.54 Å². The Morgan fingerprint density at radius 3 is 2.81 bits per heavy atom. The van der Waals surface area contributed by atoms with Crippen molar-refractivity contribution in [2.45, 2.75) is 30.7 Å². The van der Waals surface area contributed by atoms with Gasteiger partial charge in [-0.05, 0) is 17.7 Å². The molecule has 3 heteroatoms. The highest BCUT2D eigenvalue weighted by atomic mass is 32.2. The minimum absolute atomic E-state index is 0.333. The molecule has 0 aliphatic carbocycles. The molecule has 2 nitrogen and oxygen atoms in total. The van der Waals surface area contributed by atoms with Crippen molar-refractivity contribution in [3.8, 4) is 6.07 Å². The van der Waals surface area contributed by atoms with Crippen molar-refractivity contribution >= 4 is 11.8 Å². The van der Waals surface area contributed by atoms with Crippen molar-refractivity contribution in [3.05, 3.63) is 35.9 Å². The predicted molar refractivity (Wildman–Crippen MR) is 68.2 cm³/mol. The molecule has 1 heterocycles. The molecule has 0 amide bonds. The first-order valence-electron chi connectivity index (χ1n) is 5.59. The summed E-state index contributed by atoms with van der Waals surface area (Å²) in [5.41, 5.74) is 0.904. The highest BCUT2D eigenvalue weighted by molar-refractivity contribution is 8.00. The van der Waals surface area contributed by atoms with Crippen molar-refractivity contribution in [2.75, 3.05) is 5.75 Å². The number of hydrogen-bond acceptors (Lipinski definition) is 3. The Labute approximate surface area is 101 Å². The zero-order chi connectivity index (χ0) is 11.4. The summed E-state index contributed by atoms with van der Waals surface area (Å²) in [7, 11) is 0. The van der Waals surface area contributed by atoms with Gasteiger partial charge >= 0.3 is 0 Å². The fourth-order valence-electron chi connectivity index (χ4n) is 2.02. The standard InChI is InChI=1S/C13H16N2S/c1-11-13(10-14,7-8-16-11)15-9-12-5-3-2-4-6-12/h2-6,11,15H,7-9H2,1H3. The van der Waals surface area contributed by atoms with Crippen molar-refractivity contribution in [3.63, 3.8) is 0 Å². The number of nitrogens with one attached hydrogen (secondary N) is 1. The number of nitriles is 1. The number of hydrogen-bond donors (Lipinski definition) is 1. The average Bonchev–Trinajstić information content (AvgIpc) is 2.70. The highest BCUT2D eigenvalue weighted by Crippen LogP contribution is 2.35. The van der Waals surface area contributed by atoms with Gasteiger partial charge in [0.1, 0.15) is 5.54 Å². The van der Waals surface area contributed by atoms with Crippen LogP contribution in [-0.4, -0.2) is 16.5 Å². The lowest BCUT2D eigenvalue weighted by molar-refractivity contribution is 0.412. The highest BCUT2D eigenvalue weighted by Gasteiger charge is 2.40. The van der Waals surface area contributed by atoms with Crippen LogP contribution < -0.4 is 5.32 Å². The Balaban J connectivity index is 2.02. The molecule has 0 saturated carbocycles. The van der Waals surface area contributed by atoms with Gasteiger partial charge in [0.2, 0.25) is 0 Å². The van der Waals surface area contributed by atoms with E-state index in [9.17, 15) is 5.26 Å². The number of thioether (sulfide) groups is 1. The van der Waals surface area contributed by atoms with E-state index in [2.05, 4.69) is 30.4 Å². The second kappa shape index (κ2) is 4.90. The quantitative estimate of drug-likeness (QED) is 0.870. The molecule has 2 atom stereocenters. The van der Waals surface area contributed by atoms with Crippen LogP contribution in [0.15, 0.2) is 30.3 Å². The van der Waals surface area contributed by atoms with Gasteiger partial charge in [0.05, 0.1) is 6.07 Å². The van der Waals surface area contributed by atoms with Gasteiger partial charge in [-0.3, -0.25) is 5.32 Å². The Kier molecular flexibility index (Phi) is 3.52. The molecular formula is C13H16N2S. The molecule has 1 fully saturated rings. The monoisotopic (exact) mass is 232 g/mol. The summed E-state index contributed by atoms with van der Waals surface area (Å²) in [6, 6.07) is 12.7. The van der Waals surface area contributed by atoms with Gasteiger partial charge in [-0.2, -0.15) is 17.0 Å². The third kappa shape index (κ3) is 2.23. The van der Waals surface area contributed by atoms with E-state index >= 15 is 0 Å². The molecule has 1 saturated heterocycles. The molecule has 1 aliphatic rings. The van der Waals surface area contributed by atoms with Crippen LogP contribution in [0.1, 0.15) is 18.9 Å². The number of nitrogens with zero attached hydrogens (tertiary/aromatic N) is 1. The second-order valence-corrected chi connectivity index (χ2v) is 5.63. The van der Waals surface area contributed by atoms with Crippen LogP contribution in [0.4, 0.5) is 0 Å². The third-order valence-corrected chi connectivity index (χ3v) is 4.55. The summed E-state index contributed by atoms with van der Waals surface area (Å²) in [6.45, 7) is 2.91. The van der Waals surface area contributed by atoms with E-state index in [0.717, 1.165) is 18.7 Å². The Bertz CT molecular complexity index is 385. The van der Waals surface area contributed by atoms with E-state index in [4.69, 9.17) is 0 Å². The van der Waals surface area contributed by atoms with Crippen molar-refractivity contribution in [1.29, 1.82) is 5.26 Å². The third-order valence-electron chi connectivity index (χ3n) is 3.21. The van der Waals surface area contributed by atoms with E-state index in [-0.39, 0.29) is 5.54 Å². The zero-order valence-electron chi connectivity index (χ0n) is 9.44. The molecule has 1 aromatic rings. The van der Waals surface area contributed by atoms with E-state index in [1.54, 1.807) is 0 Å². The molecule has 1 aliphatic heterocycles. The molecule has 1 N–H and O–H groups in total. The SMILES string of the molecule is CC1SCCC1(C#N)NCc1ccccc1. The van der Waals surface area contributed by atoms with Gasteiger partial charge in [0.25, 0.3) is 0 Å². The Hall–Kier alpha value is -0.980. The van der Waals surface area contributed by atoms with Gasteiger partial charge in [-0.1, -0.05) is 37.3 Å². The lowest BCUT2D eigenvalue weighted by atomic mass is 9.94. The summed E-state index contributed by atoms with van der Waals surface area (Å²) in [4.78, 5) is 0. The van der Waals surface area contributed by atoms with Crippen molar-refractivity contribution in [1.82, 2.24) is 5.32 Å². The molecule has 0 spiro atoms. The Morgan fingerprint density at radius 2 is 2.25 bits per heavy atom. The minimum atomic E-state index is -0.333. The number of rotatable bonds is 3. The van der Waals surface area contributed by atoms with Crippen LogP contribution in [0.2, 0.25) is 0 Å². The fourth-order valence-corrected chi connectivity index (χ4v) is 3.35. The van der Waals surface area contributed by atoms with Crippen molar-refractivity contribution in [2.24, 2.45) is 0 Å². The lowest BCUT2D eigenvalue weighted by Gasteiger charge is -2.26. The summed E-state index contributed by atoms with van der Waals surface area (Å²) in [5, 5.41) is 13.1. The predicted octanol–water partition coefficient (Wildman–Crippen LogP) is 2.56. The van der Waals surface area contributed by atoms with Gasteiger partial charge in [-0.25, -0.2) is 0 Å². The fraction of sp³-hybridized carbons (Fsp3) is 0.462. The second-order valence-electron chi connectivity index (χ2n) is 4.19. The zero-order valence-corrected chi connectivity index (χ0v) is 10.3. The molecular weight excluding hydrogens is 216 g/mol. The van der Waals surface area contributed by atoms with E-state index in [0.29, 0.717) is 5.25 Å². The maximum atomic E-state index is 9.34. The molecule has 0 radical (unpaired) electrons. The first-order chi connectivity index (χ1) is 7.77. The molecule has 0 bridgehead atoms. The summed E-state index contributed by atoms with van der Waals surface area (Å²) in [5.74, 6) is 1.08. The summed E-state index contributed by atoms with van der Waals surface area (Å²) >= 11 is 1.88. The van der Waals surface area contributed by atoms with Gasteiger partial charge in [-0.15, -0.1) is 0 Å². The van der Waals surface area contributed by atoms with E-state index in [1.807, 2.05) is 30.0 Å². The van der Waals surface area contributed by atoms with Crippen LogP contribution in [0.5, 0.6) is 0 Å². The summed E-state index contributed by atoms with van der Waals surface area (Å²) in [6.07, 6.45) is 0.947. The lowest BCUT2D eigenvalue weighted by Crippen LogP contribution is -2.47. The van der Waals surface area contributed by atoms with Gasteiger partial charge < -0.3 is 0 Å². The summed E-state index contributed by atoms with van der Waals surface area (Å²) < 4.78 is 0. The largest absolute Gasteiger partial charge is 0.294 e. The first-order valence-corrected chi connectivity index (χ1v) is 6.63. The van der Waals surface area contributed by atoms with Gasteiger partial charge in [0.15, 0.2) is 0 Å². The molecule has 1 aromatic carbocycles. The van der Waals surface area contributed by atoms with Crippen LogP contribution >= 0.6 is 11.8 Å². The molecule has 16 heavy (non-hydrogen) atoms. The average molecular weight is 232 g/mol. The molecule has 2 unspecified atom stereocenters. The van der Waals surface area contributed by atoms with Crippen LogP contribution in [0.25, 0.3) is 0 Å². The van der Waals surface area contributed by atoms with Gasteiger partial charge in [0, 0.05) is 11.8 Å². The van der Waals surface area contributed by atoms with E-state index in [1.165, 1.54) is 5.56 Å². The van der Waals surface area contributed by atoms with Crippen molar-refractivity contribution < 1.29 is 0 Å². The normalized spacial score (nSPS) is 28.9. The maximum absolute atomic E-state index is 9.34. The molecule has 0 aromatic heterocycles. The number of benzene rings is 1. The topological polar surface area (TPSA) is 35.8 Å². The van der Waals surface area contributed by atoms with Crippen LogP contribution in [0, 0.1) is 11.3 Å². The van der Waals surface area contributed by atoms with Crippen LogP contribution in [0.3, 0.4) is 0 Å². The Morgan fingerprint density at radius 1 is 1.50 bits per heavy atom. The molecule has 84 valence electrons. The maximum Gasteiger partial charge on any atom is 0.119 e. The molecule has 2 rings (SSSR count). The minimum Gasteiger partial charge on any atom is -0.294 e.